The minimum atomic E-state index is 0.967. The Kier molecular flexibility index (Phi) is 1.63. The fourth-order valence-corrected chi connectivity index (χ4v) is 2.19. The highest BCUT2D eigenvalue weighted by Crippen LogP contribution is 2.22. The van der Waals surface area contributed by atoms with Gasteiger partial charge in [-0.05, 0) is 32.0 Å². The number of hydrogen-bond acceptors (Lipinski definition) is 1. The molecular weight excluding hydrogens is 186 g/mol. The van der Waals surface area contributed by atoms with Gasteiger partial charge in [0, 0.05) is 23.6 Å². The Hall–Kier alpha value is -1.77. The smallest absolute Gasteiger partial charge is 0.106 e. The topological polar surface area (TPSA) is 33.6 Å². The van der Waals surface area contributed by atoms with Gasteiger partial charge in [-0.1, -0.05) is 0 Å². The van der Waals surface area contributed by atoms with E-state index in [4.69, 9.17) is 0 Å². The van der Waals surface area contributed by atoms with Gasteiger partial charge in [-0.15, -0.1) is 0 Å². The van der Waals surface area contributed by atoms with Gasteiger partial charge < -0.3 is 9.55 Å². The van der Waals surface area contributed by atoms with Gasteiger partial charge in [0.05, 0.1) is 11.0 Å². The molecule has 0 aliphatic heterocycles. The van der Waals surface area contributed by atoms with Gasteiger partial charge in [0.2, 0.25) is 0 Å². The molecule has 0 amide bonds. The Bertz CT molecular complexity index is 631. The van der Waals surface area contributed by atoms with Crippen molar-refractivity contribution in [2.45, 2.75) is 20.4 Å². The molecule has 0 aliphatic carbocycles. The van der Waals surface area contributed by atoms with E-state index in [0.717, 1.165) is 17.9 Å². The van der Waals surface area contributed by atoms with Crippen molar-refractivity contribution in [2.75, 3.05) is 0 Å². The average Bonchev–Trinajstić information content (AvgIpc) is 2.76. The Balaban J connectivity index is 2.48. The third-order valence-corrected chi connectivity index (χ3v) is 2.93. The monoisotopic (exact) mass is 199 g/mol. The van der Waals surface area contributed by atoms with Gasteiger partial charge in [-0.2, -0.15) is 0 Å². The van der Waals surface area contributed by atoms with Gasteiger partial charge in [0.15, 0.2) is 0 Å². The molecule has 3 aromatic rings. The van der Waals surface area contributed by atoms with E-state index in [0.29, 0.717) is 0 Å². The first-order valence-corrected chi connectivity index (χ1v) is 5.23. The number of imidazole rings is 1. The Morgan fingerprint density at radius 3 is 3.07 bits per heavy atom. The molecule has 3 nitrogen and oxygen atoms in total. The highest BCUT2D eigenvalue weighted by molar-refractivity contribution is 5.93. The van der Waals surface area contributed by atoms with Crippen molar-refractivity contribution in [3.63, 3.8) is 0 Å². The second-order valence-corrected chi connectivity index (χ2v) is 3.81. The van der Waals surface area contributed by atoms with Crippen molar-refractivity contribution in [3.05, 3.63) is 30.2 Å². The summed E-state index contributed by atoms with van der Waals surface area (Å²) in [6.07, 6.45) is 1.96. The summed E-state index contributed by atoms with van der Waals surface area (Å²) in [4.78, 5) is 7.79. The molecule has 0 fully saturated rings. The normalized spacial score (nSPS) is 11.6. The summed E-state index contributed by atoms with van der Waals surface area (Å²) >= 11 is 0. The van der Waals surface area contributed by atoms with Crippen molar-refractivity contribution < 1.29 is 0 Å². The molecule has 0 aliphatic rings. The molecule has 0 bridgehead atoms. The van der Waals surface area contributed by atoms with Crippen LogP contribution in [0, 0.1) is 6.92 Å². The maximum atomic E-state index is 4.56. The van der Waals surface area contributed by atoms with Crippen molar-refractivity contribution in [1.82, 2.24) is 14.5 Å². The Morgan fingerprint density at radius 1 is 1.40 bits per heavy atom. The lowest BCUT2D eigenvalue weighted by Gasteiger charge is -2.01. The van der Waals surface area contributed by atoms with Crippen LogP contribution in [0.25, 0.3) is 21.9 Å². The van der Waals surface area contributed by atoms with Gasteiger partial charge >= 0.3 is 0 Å². The van der Waals surface area contributed by atoms with Crippen LogP contribution in [0.15, 0.2) is 24.4 Å². The van der Waals surface area contributed by atoms with E-state index < -0.39 is 0 Å². The zero-order chi connectivity index (χ0) is 10.4. The predicted molar refractivity (Wildman–Crippen MR) is 62.0 cm³/mol. The Morgan fingerprint density at radius 2 is 2.27 bits per heavy atom. The van der Waals surface area contributed by atoms with Crippen LogP contribution in [-0.4, -0.2) is 14.5 Å². The molecule has 0 radical (unpaired) electrons. The van der Waals surface area contributed by atoms with Gasteiger partial charge in [-0.3, -0.25) is 0 Å². The van der Waals surface area contributed by atoms with Crippen molar-refractivity contribution in [3.8, 4) is 0 Å². The molecule has 0 atom stereocenters. The van der Waals surface area contributed by atoms with Crippen molar-refractivity contribution in [1.29, 1.82) is 0 Å². The molecule has 0 saturated carbocycles. The number of H-pyrrole nitrogens is 1. The number of aryl methyl sites for hydroxylation is 2. The molecule has 76 valence electrons. The van der Waals surface area contributed by atoms with Crippen LogP contribution in [0.4, 0.5) is 0 Å². The molecule has 0 unspecified atom stereocenters. The van der Waals surface area contributed by atoms with E-state index in [1.165, 1.54) is 16.4 Å². The minimum Gasteiger partial charge on any atom is -0.361 e. The van der Waals surface area contributed by atoms with E-state index in [9.17, 15) is 0 Å². The van der Waals surface area contributed by atoms with E-state index in [-0.39, 0.29) is 0 Å². The molecule has 3 heteroatoms. The standard InChI is InChI=1S/C12H13N3/c1-3-15-8(2)14-11-6-9-4-5-13-10(9)7-12(11)15/h4-7,13H,3H2,1-2H3. The molecule has 0 spiro atoms. The summed E-state index contributed by atoms with van der Waals surface area (Å²) in [6.45, 7) is 5.17. The van der Waals surface area contributed by atoms with Crippen LogP contribution in [0.1, 0.15) is 12.7 Å². The third kappa shape index (κ3) is 1.09. The number of fused-ring (bicyclic) bond motifs is 2. The first kappa shape index (κ1) is 8.53. The highest BCUT2D eigenvalue weighted by Gasteiger charge is 2.07. The maximum Gasteiger partial charge on any atom is 0.106 e. The van der Waals surface area contributed by atoms with Crippen LogP contribution >= 0.6 is 0 Å². The highest BCUT2D eigenvalue weighted by atomic mass is 15.1. The quantitative estimate of drug-likeness (QED) is 0.642. The molecule has 2 aromatic heterocycles. The van der Waals surface area contributed by atoms with Crippen LogP contribution in [0.2, 0.25) is 0 Å². The summed E-state index contributed by atoms with van der Waals surface area (Å²) in [6, 6.07) is 6.39. The molecular formula is C12H13N3. The number of nitrogens with one attached hydrogen (secondary N) is 1. The molecule has 1 N–H and O–H groups in total. The van der Waals surface area contributed by atoms with Crippen LogP contribution in [-0.2, 0) is 6.54 Å². The second kappa shape index (κ2) is 2.86. The van der Waals surface area contributed by atoms with Crippen molar-refractivity contribution >= 4 is 21.9 Å². The lowest BCUT2D eigenvalue weighted by Crippen LogP contribution is -1.95. The largest absolute Gasteiger partial charge is 0.361 e. The van der Waals surface area contributed by atoms with E-state index in [1.54, 1.807) is 0 Å². The molecule has 0 saturated heterocycles. The summed E-state index contributed by atoms with van der Waals surface area (Å²) in [5.41, 5.74) is 3.48. The Labute approximate surface area is 87.7 Å². The average molecular weight is 199 g/mol. The lowest BCUT2D eigenvalue weighted by molar-refractivity contribution is 0.753. The SMILES string of the molecule is CCn1c(C)nc2cc3cc[nH]c3cc21. The third-order valence-electron chi connectivity index (χ3n) is 2.93. The summed E-state index contributed by atoms with van der Waals surface area (Å²) in [5, 5.41) is 1.23. The molecule has 2 heterocycles. The van der Waals surface area contributed by atoms with Gasteiger partial charge in [0.1, 0.15) is 5.82 Å². The maximum absolute atomic E-state index is 4.56. The number of aromatic nitrogens is 3. The number of aromatic amines is 1. The number of nitrogens with zero attached hydrogens (tertiary/aromatic N) is 2. The number of rotatable bonds is 1. The van der Waals surface area contributed by atoms with E-state index in [1.807, 2.05) is 6.20 Å². The second-order valence-electron chi connectivity index (χ2n) is 3.81. The van der Waals surface area contributed by atoms with E-state index in [2.05, 4.69) is 46.6 Å². The molecule has 1 aromatic carbocycles. The number of hydrogen-bond donors (Lipinski definition) is 1. The van der Waals surface area contributed by atoms with Crippen LogP contribution < -0.4 is 0 Å². The molecule has 15 heavy (non-hydrogen) atoms. The zero-order valence-corrected chi connectivity index (χ0v) is 8.91. The first-order valence-electron chi connectivity index (χ1n) is 5.23. The summed E-state index contributed by atoms with van der Waals surface area (Å²) in [7, 11) is 0. The molecule has 3 rings (SSSR count). The fourth-order valence-electron chi connectivity index (χ4n) is 2.19. The predicted octanol–water partition coefficient (Wildman–Crippen LogP) is 2.85. The minimum absolute atomic E-state index is 0.967. The van der Waals surface area contributed by atoms with E-state index >= 15 is 0 Å². The first-order chi connectivity index (χ1) is 7.29. The zero-order valence-electron chi connectivity index (χ0n) is 8.91. The summed E-state index contributed by atoms with van der Waals surface area (Å²) in [5.74, 6) is 1.08. The number of benzene rings is 1. The van der Waals surface area contributed by atoms with Crippen molar-refractivity contribution in [2.24, 2.45) is 0 Å². The van der Waals surface area contributed by atoms with Gasteiger partial charge in [0.25, 0.3) is 0 Å². The lowest BCUT2D eigenvalue weighted by atomic mass is 10.2. The fraction of sp³-hybridized carbons (Fsp3) is 0.250. The summed E-state index contributed by atoms with van der Waals surface area (Å²) < 4.78 is 2.23. The van der Waals surface area contributed by atoms with Crippen LogP contribution in [0.5, 0.6) is 0 Å². The van der Waals surface area contributed by atoms with Crippen LogP contribution in [0.3, 0.4) is 0 Å². The van der Waals surface area contributed by atoms with Gasteiger partial charge in [-0.25, -0.2) is 4.98 Å².